The van der Waals surface area contributed by atoms with Gasteiger partial charge in [0.1, 0.15) is 0 Å². The fourth-order valence-electron chi connectivity index (χ4n) is 4.59. The first-order valence-electron chi connectivity index (χ1n) is 12.1. The molecule has 1 aliphatic carbocycles. The second-order valence-electron chi connectivity index (χ2n) is 10.0. The van der Waals surface area contributed by atoms with Gasteiger partial charge in [-0.25, -0.2) is 0 Å². The van der Waals surface area contributed by atoms with Crippen LogP contribution in [0.5, 0.6) is 11.5 Å². The van der Waals surface area contributed by atoms with Crippen molar-refractivity contribution >= 4 is 11.9 Å². The van der Waals surface area contributed by atoms with Crippen molar-refractivity contribution in [2.24, 2.45) is 17.3 Å². The van der Waals surface area contributed by atoms with Crippen molar-refractivity contribution in [2.45, 2.75) is 72.0 Å². The summed E-state index contributed by atoms with van der Waals surface area (Å²) in [5.74, 6) is 1.11. The highest BCUT2D eigenvalue weighted by molar-refractivity contribution is 5.84. The van der Waals surface area contributed by atoms with Crippen LogP contribution in [0.15, 0.2) is 18.2 Å². The van der Waals surface area contributed by atoms with Gasteiger partial charge in [0.25, 0.3) is 5.91 Å². The van der Waals surface area contributed by atoms with E-state index in [1.165, 1.54) is 19.8 Å². The number of hydrogen-bond acceptors (Lipinski definition) is 6. The zero-order valence-electron chi connectivity index (χ0n) is 20.8. The highest BCUT2D eigenvalue weighted by Gasteiger charge is 2.50. The molecule has 0 aromatic heterocycles. The number of aliphatic hydroxyl groups is 1. The molecule has 0 spiro atoms. The van der Waals surface area contributed by atoms with Crippen LogP contribution in [0.3, 0.4) is 0 Å². The Morgan fingerprint density at radius 1 is 1.24 bits per heavy atom. The van der Waals surface area contributed by atoms with Gasteiger partial charge in [0.15, 0.2) is 17.6 Å². The van der Waals surface area contributed by atoms with Crippen LogP contribution in [0.4, 0.5) is 0 Å². The lowest BCUT2D eigenvalue weighted by Crippen LogP contribution is -2.44. The SMILES string of the molecule is CCC(C)C(OC(C)=O)C(=O)N1C[C@@H](c2ccc(OC)c(OCC3CC3)c2)[C@](C)([C@@H](C)O)C1. The van der Waals surface area contributed by atoms with Crippen molar-refractivity contribution in [3.8, 4) is 11.5 Å². The first-order chi connectivity index (χ1) is 15.6. The van der Waals surface area contributed by atoms with Gasteiger partial charge >= 0.3 is 5.97 Å². The van der Waals surface area contributed by atoms with Gasteiger partial charge in [-0.05, 0) is 49.8 Å². The monoisotopic (exact) mass is 461 g/mol. The number of methoxy groups -OCH3 is 1. The van der Waals surface area contributed by atoms with Crippen molar-refractivity contribution in [1.29, 1.82) is 0 Å². The summed E-state index contributed by atoms with van der Waals surface area (Å²) in [6.07, 6.45) is 1.64. The Bertz CT molecular complexity index is 851. The zero-order chi connectivity index (χ0) is 24.3. The molecule has 1 saturated heterocycles. The third-order valence-corrected chi connectivity index (χ3v) is 7.46. The lowest BCUT2D eigenvalue weighted by atomic mass is 9.72. The Hall–Kier alpha value is -2.28. The maximum absolute atomic E-state index is 13.4. The van der Waals surface area contributed by atoms with E-state index >= 15 is 0 Å². The minimum absolute atomic E-state index is 0.0957. The number of amides is 1. The number of carbonyl (C=O) groups excluding carboxylic acids is 2. The number of hydrogen-bond donors (Lipinski definition) is 1. The summed E-state index contributed by atoms with van der Waals surface area (Å²) < 4.78 is 17.0. The average Bonchev–Trinajstić information content (AvgIpc) is 3.55. The van der Waals surface area contributed by atoms with Gasteiger partial charge in [0.2, 0.25) is 0 Å². The molecule has 184 valence electrons. The molecular formula is C26H39NO6. The molecule has 2 fully saturated rings. The van der Waals surface area contributed by atoms with Crippen LogP contribution >= 0.6 is 0 Å². The molecule has 1 heterocycles. The summed E-state index contributed by atoms with van der Waals surface area (Å²) in [7, 11) is 1.62. The minimum Gasteiger partial charge on any atom is -0.493 e. The predicted octanol–water partition coefficient (Wildman–Crippen LogP) is 3.77. The Balaban J connectivity index is 1.88. The molecule has 7 heteroatoms. The van der Waals surface area contributed by atoms with Crippen molar-refractivity contribution in [3.63, 3.8) is 0 Å². The largest absolute Gasteiger partial charge is 0.493 e. The van der Waals surface area contributed by atoms with Crippen LogP contribution in [-0.2, 0) is 14.3 Å². The first-order valence-corrected chi connectivity index (χ1v) is 12.1. The summed E-state index contributed by atoms with van der Waals surface area (Å²) in [5.41, 5.74) is 0.432. The van der Waals surface area contributed by atoms with Gasteiger partial charge in [0.05, 0.1) is 19.8 Å². The molecule has 0 radical (unpaired) electrons. The number of rotatable bonds is 10. The van der Waals surface area contributed by atoms with Gasteiger partial charge in [-0.15, -0.1) is 0 Å². The van der Waals surface area contributed by atoms with E-state index in [1.54, 1.807) is 18.9 Å². The van der Waals surface area contributed by atoms with E-state index < -0.39 is 23.6 Å². The third-order valence-electron chi connectivity index (χ3n) is 7.46. The quantitative estimate of drug-likeness (QED) is 0.534. The molecule has 1 amide bonds. The summed E-state index contributed by atoms with van der Waals surface area (Å²) in [6.45, 7) is 10.5. The summed E-state index contributed by atoms with van der Waals surface area (Å²) in [5, 5.41) is 10.8. The molecule has 1 aliphatic heterocycles. The fourth-order valence-corrected chi connectivity index (χ4v) is 4.59. The molecule has 33 heavy (non-hydrogen) atoms. The topological polar surface area (TPSA) is 85.3 Å². The lowest BCUT2D eigenvalue weighted by Gasteiger charge is -2.34. The predicted molar refractivity (Wildman–Crippen MR) is 125 cm³/mol. The zero-order valence-corrected chi connectivity index (χ0v) is 20.8. The van der Waals surface area contributed by atoms with E-state index in [0.717, 1.165) is 12.0 Å². The maximum Gasteiger partial charge on any atom is 0.303 e. The number of benzene rings is 1. The summed E-state index contributed by atoms with van der Waals surface area (Å²) in [4.78, 5) is 26.9. The molecule has 1 aromatic carbocycles. The molecular weight excluding hydrogens is 422 g/mol. The second-order valence-corrected chi connectivity index (χ2v) is 10.0. The molecule has 1 aromatic rings. The number of likely N-dealkylation sites (tertiary alicyclic amines) is 1. The lowest BCUT2D eigenvalue weighted by molar-refractivity contribution is -0.161. The summed E-state index contributed by atoms with van der Waals surface area (Å²) in [6, 6.07) is 5.87. The van der Waals surface area contributed by atoms with Crippen LogP contribution in [0, 0.1) is 17.3 Å². The van der Waals surface area contributed by atoms with Crippen molar-refractivity contribution in [3.05, 3.63) is 23.8 Å². The number of ether oxygens (including phenoxy) is 3. The van der Waals surface area contributed by atoms with E-state index in [0.29, 0.717) is 37.1 Å². The highest BCUT2D eigenvalue weighted by Crippen LogP contribution is 2.47. The van der Waals surface area contributed by atoms with Gasteiger partial charge in [-0.1, -0.05) is 26.8 Å². The number of nitrogens with zero attached hydrogens (tertiary/aromatic N) is 1. The molecule has 5 atom stereocenters. The smallest absolute Gasteiger partial charge is 0.303 e. The van der Waals surface area contributed by atoms with E-state index in [1.807, 2.05) is 39.0 Å². The third kappa shape index (κ3) is 5.62. The van der Waals surface area contributed by atoms with Crippen LogP contribution in [0.25, 0.3) is 0 Å². The van der Waals surface area contributed by atoms with Crippen molar-refractivity contribution in [1.82, 2.24) is 4.90 Å². The second kappa shape index (κ2) is 10.3. The standard InChI is InChI=1S/C26H39NO6/c1-7-16(2)24(33-18(4)29)25(30)27-13-21(26(5,15-27)17(3)28)20-10-11-22(31-6)23(12-20)32-14-19-8-9-19/h10-12,16-17,19,21,24,28H,7-9,13-15H2,1-6H3/t16?,17-,21+,24?,26+/m1/s1. The Morgan fingerprint density at radius 2 is 1.94 bits per heavy atom. The van der Waals surface area contributed by atoms with Gasteiger partial charge < -0.3 is 24.2 Å². The van der Waals surface area contributed by atoms with Crippen LogP contribution in [-0.4, -0.2) is 60.9 Å². The van der Waals surface area contributed by atoms with Crippen LogP contribution in [0.2, 0.25) is 0 Å². The molecule has 3 rings (SSSR count). The Morgan fingerprint density at radius 3 is 2.48 bits per heavy atom. The maximum atomic E-state index is 13.4. The number of carbonyl (C=O) groups is 2. The van der Waals surface area contributed by atoms with Crippen molar-refractivity contribution in [2.75, 3.05) is 26.8 Å². The number of esters is 1. The average molecular weight is 462 g/mol. The molecule has 2 aliphatic rings. The van der Waals surface area contributed by atoms with Crippen LogP contribution in [0.1, 0.15) is 65.4 Å². The van der Waals surface area contributed by atoms with E-state index in [9.17, 15) is 14.7 Å². The van der Waals surface area contributed by atoms with Crippen molar-refractivity contribution < 1.29 is 28.9 Å². The fraction of sp³-hybridized carbons (Fsp3) is 0.692. The molecule has 1 saturated carbocycles. The van der Waals surface area contributed by atoms with Crippen LogP contribution < -0.4 is 9.47 Å². The van der Waals surface area contributed by atoms with Gasteiger partial charge in [-0.3, -0.25) is 9.59 Å². The molecule has 1 N–H and O–H groups in total. The van der Waals surface area contributed by atoms with E-state index in [-0.39, 0.29) is 17.7 Å². The Kier molecular flexibility index (Phi) is 7.93. The molecule has 2 unspecified atom stereocenters. The van der Waals surface area contributed by atoms with E-state index in [4.69, 9.17) is 14.2 Å². The van der Waals surface area contributed by atoms with E-state index in [2.05, 4.69) is 0 Å². The summed E-state index contributed by atoms with van der Waals surface area (Å²) >= 11 is 0. The first kappa shape index (κ1) is 25.3. The number of aliphatic hydroxyl groups excluding tert-OH is 1. The molecule has 0 bridgehead atoms. The molecule has 7 nitrogen and oxygen atoms in total. The normalized spacial score (nSPS) is 25.3. The van der Waals surface area contributed by atoms with Gasteiger partial charge in [0, 0.05) is 37.3 Å². The highest BCUT2D eigenvalue weighted by atomic mass is 16.5. The minimum atomic E-state index is -0.821. The Labute approximate surface area is 197 Å². The van der Waals surface area contributed by atoms with Gasteiger partial charge in [-0.2, -0.15) is 0 Å².